The Morgan fingerprint density at radius 1 is 1.13 bits per heavy atom. The van der Waals surface area contributed by atoms with Crippen molar-refractivity contribution in [2.75, 3.05) is 0 Å². The van der Waals surface area contributed by atoms with Gasteiger partial charge in [0.25, 0.3) is 0 Å². The van der Waals surface area contributed by atoms with E-state index in [-0.39, 0.29) is 0 Å². The van der Waals surface area contributed by atoms with E-state index in [0.29, 0.717) is 6.92 Å². The predicted octanol–water partition coefficient (Wildman–Crippen LogP) is 1.79. The van der Waals surface area contributed by atoms with Gasteiger partial charge in [0.05, 0.1) is 13.6 Å². The lowest BCUT2D eigenvalue weighted by atomic mass is 10.2. The van der Waals surface area contributed by atoms with Crippen LogP contribution in [0.15, 0.2) is 23.6 Å². The van der Waals surface area contributed by atoms with Crippen molar-refractivity contribution in [1.29, 1.82) is 0 Å². The van der Waals surface area contributed by atoms with Crippen molar-refractivity contribution in [1.82, 2.24) is 4.57 Å². The van der Waals surface area contributed by atoms with Gasteiger partial charge in [-0.25, -0.2) is 35.1 Å². The Labute approximate surface area is 130 Å². The molecule has 1 aromatic carbocycles. The summed E-state index contributed by atoms with van der Waals surface area (Å²) in [6, 6.07) is 0. The number of hydrogen-bond donors (Lipinski definition) is 0. The van der Waals surface area contributed by atoms with Gasteiger partial charge in [-0.2, -0.15) is 0 Å². The van der Waals surface area contributed by atoms with E-state index in [9.17, 15) is 30.5 Å². The van der Waals surface area contributed by atoms with E-state index in [4.69, 9.17) is 0 Å². The first-order valence-electron chi connectivity index (χ1n) is 6.30. The molecule has 1 heterocycles. The van der Waals surface area contributed by atoms with Gasteiger partial charge < -0.3 is 4.55 Å². The molecule has 1 aromatic heterocycles. The van der Waals surface area contributed by atoms with Crippen LogP contribution in [0.5, 0.6) is 0 Å². The minimum atomic E-state index is -5.61. The topological polar surface area (TPSA) is 66.0 Å². The first kappa shape index (κ1) is 19.1. The second-order valence-corrected chi connectivity index (χ2v) is 5.89. The van der Waals surface area contributed by atoms with E-state index in [0.717, 1.165) is 6.54 Å². The van der Waals surface area contributed by atoms with Gasteiger partial charge >= 0.3 is 0 Å². The molecular weight excluding hydrogens is 340 g/mol. The van der Waals surface area contributed by atoms with Crippen molar-refractivity contribution < 1.29 is 35.1 Å². The number of aryl methyl sites for hydroxylation is 2. The lowest BCUT2D eigenvalue weighted by Crippen LogP contribution is -2.23. The Bertz CT molecular complexity index is 790. The summed E-state index contributed by atoms with van der Waals surface area (Å²) >= 11 is 0. The highest BCUT2D eigenvalue weighted by molar-refractivity contribution is 7.85. The van der Waals surface area contributed by atoms with Crippen LogP contribution in [0.1, 0.15) is 12.5 Å². The van der Waals surface area contributed by atoms with Gasteiger partial charge in [-0.3, -0.25) is 0 Å². The predicted molar refractivity (Wildman–Crippen MR) is 70.3 cm³/mol. The summed E-state index contributed by atoms with van der Waals surface area (Å²) in [6.45, 7) is 3.89. The Hall–Kier alpha value is -1.94. The van der Waals surface area contributed by atoms with Crippen molar-refractivity contribution in [3.8, 4) is 0 Å². The van der Waals surface area contributed by atoms with E-state index < -0.39 is 43.8 Å². The fourth-order valence-electron chi connectivity index (χ4n) is 1.63. The van der Waals surface area contributed by atoms with E-state index in [1.807, 2.05) is 17.8 Å². The Morgan fingerprint density at radius 2 is 1.61 bits per heavy atom. The SMILES string of the molecule is CCn1cc[n+](C)c1.Cc1c(F)c(F)c(S(=O)(=O)[O-])c(F)c1F. The smallest absolute Gasteiger partial charge is 0.243 e. The summed E-state index contributed by atoms with van der Waals surface area (Å²) in [4.78, 5) is -2.14. The zero-order valence-corrected chi connectivity index (χ0v) is 13.3. The zero-order chi connectivity index (χ0) is 17.9. The molecule has 2 rings (SSSR count). The largest absolute Gasteiger partial charge is 0.744 e. The van der Waals surface area contributed by atoms with Gasteiger partial charge in [0.15, 0.2) is 23.3 Å². The maximum atomic E-state index is 12.8. The molecule has 0 saturated heterocycles. The van der Waals surface area contributed by atoms with Crippen LogP contribution < -0.4 is 4.57 Å². The molecule has 0 radical (unpaired) electrons. The Morgan fingerprint density at radius 3 is 1.87 bits per heavy atom. The molecule has 0 spiro atoms. The van der Waals surface area contributed by atoms with Crippen molar-refractivity contribution in [3.05, 3.63) is 47.6 Å². The van der Waals surface area contributed by atoms with Gasteiger partial charge in [0.2, 0.25) is 6.33 Å². The van der Waals surface area contributed by atoms with E-state index in [1.54, 1.807) is 0 Å². The summed E-state index contributed by atoms with van der Waals surface area (Å²) in [6.07, 6.45) is 6.14. The standard InChI is InChI=1S/C7H4F4O3S.C6H11N2/c1-2-3(8)5(10)7(15(12,13)14)6(11)4(2)9;1-3-8-5-4-7(2)6-8/h1H3,(H,12,13,14);4-6H,3H2,1-2H3/q;+1/p-1. The molecule has 10 heteroatoms. The third-order valence-electron chi connectivity index (χ3n) is 2.88. The molecule has 23 heavy (non-hydrogen) atoms. The summed E-state index contributed by atoms with van der Waals surface area (Å²) in [5.74, 6) is -8.21. The molecule has 0 unspecified atom stereocenters. The monoisotopic (exact) mass is 354 g/mol. The molecule has 0 aliphatic heterocycles. The average Bonchev–Trinajstić information content (AvgIpc) is 2.88. The van der Waals surface area contributed by atoms with Gasteiger partial charge in [0.1, 0.15) is 27.4 Å². The quantitative estimate of drug-likeness (QED) is 0.357. The van der Waals surface area contributed by atoms with Crippen LogP contribution in [0, 0.1) is 30.2 Å². The summed E-state index contributed by atoms with van der Waals surface area (Å²) in [5, 5.41) is 0. The second-order valence-electron chi connectivity index (χ2n) is 4.57. The molecule has 2 aromatic rings. The molecule has 0 aliphatic rings. The highest BCUT2D eigenvalue weighted by Gasteiger charge is 2.26. The van der Waals surface area contributed by atoms with Crippen LogP contribution >= 0.6 is 0 Å². The molecule has 0 N–H and O–H groups in total. The first-order valence-corrected chi connectivity index (χ1v) is 7.70. The van der Waals surface area contributed by atoms with Crippen molar-refractivity contribution in [2.45, 2.75) is 25.3 Å². The summed E-state index contributed by atoms with van der Waals surface area (Å²) in [5.41, 5.74) is -1.03. The fourth-order valence-corrected chi connectivity index (χ4v) is 2.25. The number of hydrogen-bond acceptors (Lipinski definition) is 3. The minimum Gasteiger partial charge on any atom is -0.744 e. The average molecular weight is 354 g/mol. The van der Waals surface area contributed by atoms with Gasteiger partial charge in [0, 0.05) is 5.56 Å². The molecule has 5 nitrogen and oxygen atoms in total. The maximum absolute atomic E-state index is 12.8. The fraction of sp³-hybridized carbons (Fsp3) is 0.308. The van der Waals surface area contributed by atoms with E-state index in [1.165, 1.54) is 0 Å². The normalized spacial score (nSPS) is 11.1. The third kappa shape index (κ3) is 4.29. The number of rotatable bonds is 2. The van der Waals surface area contributed by atoms with Crippen LogP contribution in [0.2, 0.25) is 0 Å². The zero-order valence-electron chi connectivity index (χ0n) is 12.5. The van der Waals surface area contributed by atoms with Crippen LogP contribution in [0.4, 0.5) is 17.6 Å². The summed E-state index contributed by atoms with van der Waals surface area (Å²) < 4.78 is 86.4. The number of aromatic nitrogens is 2. The van der Waals surface area contributed by atoms with Crippen LogP contribution in [0.25, 0.3) is 0 Å². The van der Waals surface area contributed by atoms with Gasteiger partial charge in [-0.15, -0.1) is 0 Å². The minimum absolute atomic E-state index is 0.706. The highest BCUT2D eigenvalue weighted by Crippen LogP contribution is 2.26. The van der Waals surface area contributed by atoms with Crippen LogP contribution in [-0.2, 0) is 23.7 Å². The number of halogens is 4. The molecular formula is C13H14F4N2O3S. The number of imidazole rings is 1. The lowest BCUT2D eigenvalue weighted by molar-refractivity contribution is -0.671. The second kappa shape index (κ2) is 7.09. The lowest BCUT2D eigenvalue weighted by Gasteiger charge is -2.12. The van der Waals surface area contributed by atoms with Crippen LogP contribution in [-0.4, -0.2) is 17.5 Å². The molecule has 0 atom stereocenters. The third-order valence-corrected chi connectivity index (χ3v) is 3.74. The first-order chi connectivity index (χ1) is 10.5. The molecule has 128 valence electrons. The maximum Gasteiger partial charge on any atom is 0.243 e. The van der Waals surface area contributed by atoms with Crippen molar-refractivity contribution in [3.63, 3.8) is 0 Å². The van der Waals surface area contributed by atoms with Gasteiger partial charge in [-0.05, 0) is 13.8 Å². The molecule has 0 amide bonds. The van der Waals surface area contributed by atoms with E-state index in [2.05, 4.69) is 24.0 Å². The molecule has 0 bridgehead atoms. The highest BCUT2D eigenvalue weighted by atomic mass is 32.2. The van der Waals surface area contributed by atoms with E-state index >= 15 is 0 Å². The summed E-state index contributed by atoms with van der Waals surface area (Å²) in [7, 11) is -3.59. The van der Waals surface area contributed by atoms with Gasteiger partial charge in [-0.1, -0.05) is 0 Å². The number of nitrogens with zero attached hydrogens (tertiary/aromatic N) is 2. The molecule has 0 saturated carbocycles. The Balaban J connectivity index is 0.000000277. The molecule has 0 fully saturated rings. The van der Waals surface area contributed by atoms with Crippen molar-refractivity contribution in [2.24, 2.45) is 7.05 Å². The number of benzene rings is 1. The van der Waals surface area contributed by atoms with Crippen molar-refractivity contribution >= 4 is 10.1 Å². The Kier molecular flexibility index (Phi) is 5.89. The molecule has 0 aliphatic carbocycles. The van der Waals surface area contributed by atoms with Crippen LogP contribution in [0.3, 0.4) is 0 Å².